The van der Waals surface area contributed by atoms with Crippen LogP contribution in [0.4, 0.5) is 0 Å². The zero-order valence-corrected chi connectivity index (χ0v) is 22.0. The van der Waals surface area contributed by atoms with Gasteiger partial charge in [0.05, 0.1) is 10.2 Å². The van der Waals surface area contributed by atoms with Crippen LogP contribution >= 0.6 is 11.3 Å². The van der Waals surface area contributed by atoms with E-state index in [9.17, 15) is 0 Å². The lowest BCUT2D eigenvalue weighted by molar-refractivity contribution is 1.48. The molecular formula is C37H23NS. The topological polar surface area (TPSA) is 12.9 Å². The maximum absolute atomic E-state index is 4.87. The maximum atomic E-state index is 4.87. The van der Waals surface area contributed by atoms with Crippen molar-refractivity contribution in [2.24, 2.45) is 0 Å². The van der Waals surface area contributed by atoms with E-state index in [0.29, 0.717) is 0 Å². The van der Waals surface area contributed by atoms with Crippen molar-refractivity contribution < 1.29 is 0 Å². The first-order valence-electron chi connectivity index (χ1n) is 13.2. The number of hydrogen-bond acceptors (Lipinski definition) is 2. The minimum atomic E-state index is 1.06. The first-order valence-corrected chi connectivity index (χ1v) is 14.0. The molecule has 0 saturated carbocycles. The molecule has 1 heterocycles. The van der Waals surface area contributed by atoms with Crippen LogP contribution in [0, 0.1) is 0 Å². The molecule has 0 bridgehead atoms. The highest BCUT2D eigenvalue weighted by Gasteiger charge is 2.17. The van der Waals surface area contributed by atoms with Crippen molar-refractivity contribution in [2.75, 3.05) is 0 Å². The van der Waals surface area contributed by atoms with E-state index in [0.717, 1.165) is 16.1 Å². The van der Waals surface area contributed by atoms with E-state index in [-0.39, 0.29) is 0 Å². The molecule has 2 heteroatoms. The predicted octanol–water partition coefficient (Wildman–Crippen LogP) is 10.8. The lowest BCUT2D eigenvalue weighted by atomic mass is 9.85. The Kier molecular flexibility index (Phi) is 5.07. The van der Waals surface area contributed by atoms with Gasteiger partial charge in [0.2, 0.25) is 0 Å². The molecule has 39 heavy (non-hydrogen) atoms. The molecule has 182 valence electrons. The Balaban J connectivity index is 1.35. The molecule has 0 aliphatic heterocycles. The Morgan fingerprint density at radius 1 is 0.410 bits per heavy atom. The van der Waals surface area contributed by atoms with Gasteiger partial charge in [0, 0.05) is 5.56 Å². The third-order valence-corrected chi connectivity index (χ3v) is 8.77. The van der Waals surface area contributed by atoms with Crippen molar-refractivity contribution in [3.8, 4) is 32.8 Å². The van der Waals surface area contributed by atoms with E-state index in [2.05, 4.69) is 133 Å². The zero-order valence-electron chi connectivity index (χ0n) is 21.1. The van der Waals surface area contributed by atoms with Gasteiger partial charge in [-0.15, -0.1) is 11.3 Å². The van der Waals surface area contributed by atoms with E-state index in [1.165, 1.54) is 59.3 Å². The second-order valence-corrected chi connectivity index (χ2v) is 11.0. The summed E-state index contributed by atoms with van der Waals surface area (Å²) in [4.78, 5) is 4.87. The lowest BCUT2D eigenvalue weighted by Gasteiger charge is -2.18. The molecule has 0 fully saturated rings. The van der Waals surface area contributed by atoms with Crippen molar-refractivity contribution >= 4 is 53.9 Å². The Hall–Kier alpha value is -4.79. The normalized spacial score (nSPS) is 11.6. The molecule has 0 radical (unpaired) electrons. The van der Waals surface area contributed by atoms with Crippen LogP contribution in [0.25, 0.3) is 75.4 Å². The number of benzene rings is 7. The number of para-hydroxylation sites is 1. The molecule has 1 nitrogen and oxygen atoms in total. The van der Waals surface area contributed by atoms with Crippen molar-refractivity contribution in [1.82, 2.24) is 4.98 Å². The van der Waals surface area contributed by atoms with Crippen molar-refractivity contribution in [1.29, 1.82) is 0 Å². The van der Waals surface area contributed by atoms with Crippen LogP contribution in [0.2, 0.25) is 0 Å². The summed E-state index contributed by atoms with van der Waals surface area (Å²) in [7, 11) is 0. The summed E-state index contributed by atoms with van der Waals surface area (Å²) in [5.74, 6) is 0. The summed E-state index contributed by atoms with van der Waals surface area (Å²) in [5.41, 5.74) is 7.25. The number of thiazole rings is 1. The molecule has 0 aliphatic rings. The fourth-order valence-electron chi connectivity index (χ4n) is 5.87. The highest BCUT2D eigenvalue weighted by atomic mass is 32.1. The van der Waals surface area contributed by atoms with Gasteiger partial charge in [0.25, 0.3) is 0 Å². The molecule has 8 rings (SSSR count). The smallest absolute Gasteiger partial charge is 0.124 e. The molecule has 0 spiro atoms. The van der Waals surface area contributed by atoms with Crippen molar-refractivity contribution in [3.63, 3.8) is 0 Å². The number of aromatic nitrogens is 1. The van der Waals surface area contributed by atoms with Gasteiger partial charge in [0.15, 0.2) is 0 Å². The van der Waals surface area contributed by atoms with Crippen LogP contribution in [-0.2, 0) is 0 Å². The Labute approximate surface area is 230 Å². The average molecular weight is 514 g/mol. The number of fused-ring (bicyclic) bond motifs is 4. The van der Waals surface area contributed by atoms with Gasteiger partial charge in [-0.1, -0.05) is 121 Å². The van der Waals surface area contributed by atoms with Crippen LogP contribution < -0.4 is 0 Å². The lowest BCUT2D eigenvalue weighted by Crippen LogP contribution is -1.91. The third-order valence-electron chi connectivity index (χ3n) is 7.68. The molecule has 0 N–H and O–H groups in total. The molecule has 0 atom stereocenters. The molecule has 0 amide bonds. The van der Waals surface area contributed by atoms with Crippen molar-refractivity contribution in [2.45, 2.75) is 0 Å². The number of hydrogen-bond donors (Lipinski definition) is 0. The van der Waals surface area contributed by atoms with Crippen LogP contribution in [0.15, 0.2) is 140 Å². The van der Waals surface area contributed by atoms with Crippen molar-refractivity contribution in [3.05, 3.63) is 140 Å². The summed E-state index contributed by atoms with van der Waals surface area (Å²) < 4.78 is 1.22. The largest absolute Gasteiger partial charge is 0.236 e. The van der Waals surface area contributed by atoms with Gasteiger partial charge in [-0.3, -0.25) is 0 Å². The number of nitrogens with zero attached hydrogens (tertiary/aromatic N) is 1. The van der Waals surface area contributed by atoms with Gasteiger partial charge in [-0.25, -0.2) is 4.98 Å². The molecule has 0 aliphatic carbocycles. The SMILES string of the molecule is c1ccc2cc(-c3c4ccccc4c(-c4ccc(-c5nc6ccccc6s5)cc4)c4ccccc34)ccc2c1. The second-order valence-electron chi connectivity index (χ2n) is 9.97. The fourth-order valence-corrected chi connectivity index (χ4v) is 6.84. The van der Waals surface area contributed by atoms with Gasteiger partial charge in [-0.2, -0.15) is 0 Å². The quantitative estimate of drug-likeness (QED) is 0.214. The highest BCUT2D eigenvalue weighted by molar-refractivity contribution is 7.21. The zero-order chi connectivity index (χ0) is 25.8. The first kappa shape index (κ1) is 22.2. The average Bonchev–Trinajstić information content (AvgIpc) is 3.44. The summed E-state index contributed by atoms with van der Waals surface area (Å²) in [5, 5.41) is 8.68. The standard InChI is InChI=1S/C37H23NS/c1-2-10-27-23-28(22-17-24(27)9-1)36-31-13-5-3-11-29(31)35(30-12-4-6-14-32(30)36)25-18-20-26(21-19-25)37-38-33-15-7-8-16-34(33)39-37/h1-23H. The summed E-state index contributed by atoms with van der Waals surface area (Å²) in [6.07, 6.45) is 0. The minimum absolute atomic E-state index is 1.06. The van der Waals surface area contributed by atoms with Gasteiger partial charge in [0.1, 0.15) is 5.01 Å². The van der Waals surface area contributed by atoms with E-state index < -0.39 is 0 Å². The van der Waals surface area contributed by atoms with E-state index in [4.69, 9.17) is 4.98 Å². The van der Waals surface area contributed by atoms with E-state index >= 15 is 0 Å². The van der Waals surface area contributed by atoms with Gasteiger partial charge in [-0.05, 0) is 72.8 Å². The Morgan fingerprint density at radius 2 is 0.923 bits per heavy atom. The monoisotopic (exact) mass is 513 g/mol. The molecule has 0 saturated heterocycles. The minimum Gasteiger partial charge on any atom is -0.236 e. The third kappa shape index (κ3) is 3.64. The van der Waals surface area contributed by atoms with Gasteiger partial charge < -0.3 is 0 Å². The molecule has 7 aromatic carbocycles. The predicted molar refractivity (Wildman–Crippen MR) is 168 cm³/mol. The van der Waals surface area contributed by atoms with Crippen LogP contribution in [0.3, 0.4) is 0 Å². The van der Waals surface area contributed by atoms with E-state index in [1.807, 2.05) is 6.07 Å². The first-order chi connectivity index (χ1) is 19.3. The molecule has 0 unspecified atom stereocenters. The van der Waals surface area contributed by atoms with Crippen LogP contribution in [0.1, 0.15) is 0 Å². The highest BCUT2D eigenvalue weighted by Crippen LogP contribution is 2.44. The van der Waals surface area contributed by atoms with Gasteiger partial charge >= 0.3 is 0 Å². The summed E-state index contributed by atoms with van der Waals surface area (Å²) in [6.45, 7) is 0. The molecular weight excluding hydrogens is 490 g/mol. The van der Waals surface area contributed by atoms with Crippen LogP contribution in [0.5, 0.6) is 0 Å². The van der Waals surface area contributed by atoms with E-state index in [1.54, 1.807) is 11.3 Å². The number of rotatable bonds is 3. The fraction of sp³-hybridized carbons (Fsp3) is 0. The Morgan fingerprint density at radius 3 is 1.59 bits per heavy atom. The summed E-state index contributed by atoms with van der Waals surface area (Å²) in [6, 6.07) is 50.4. The maximum Gasteiger partial charge on any atom is 0.124 e. The molecule has 1 aromatic heterocycles. The molecule has 8 aromatic rings. The van der Waals surface area contributed by atoms with Crippen LogP contribution in [-0.4, -0.2) is 4.98 Å². The second kappa shape index (κ2) is 8.90. The summed E-state index contributed by atoms with van der Waals surface area (Å²) >= 11 is 1.75. The Bertz CT molecular complexity index is 2080.